The number of rotatable bonds is 12. The van der Waals surface area contributed by atoms with Gasteiger partial charge in [0, 0.05) is 33.4 Å². The first-order valence-corrected chi connectivity index (χ1v) is 7.04. The van der Waals surface area contributed by atoms with Crippen LogP contribution in [0.15, 0.2) is 0 Å². The Kier molecular flexibility index (Phi) is 11.8. The molecule has 1 unspecified atom stereocenters. The van der Waals surface area contributed by atoms with E-state index < -0.39 is 0 Å². The molecule has 0 spiro atoms. The maximum absolute atomic E-state index is 5.16. The van der Waals surface area contributed by atoms with Crippen molar-refractivity contribution in [3.63, 3.8) is 0 Å². The van der Waals surface area contributed by atoms with Crippen molar-refractivity contribution < 1.29 is 9.47 Å². The zero-order valence-electron chi connectivity index (χ0n) is 12.9. The van der Waals surface area contributed by atoms with E-state index in [0.29, 0.717) is 6.04 Å². The summed E-state index contributed by atoms with van der Waals surface area (Å²) in [5.74, 6) is 0.721. The summed E-state index contributed by atoms with van der Waals surface area (Å²) < 4.78 is 10.3. The van der Waals surface area contributed by atoms with Crippen molar-refractivity contribution in [3.05, 3.63) is 0 Å². The standard InChI is InChI=1S/C14H32N2O2/c1-13(2)12-15-7-6-14(3)16(8-10-17-4)9-11-18-5/h13-15H,6-12H2,1-5H3. The minimum Gasteiger partial charge on any atom is -0.383 e. The molecule has 1 N–H and O–H groups in total. The lowest BCUT2D eigenvalue weighted by atomic mass is 10.2. The van der Waals surface area contributed by atoms with Crippen LogP contribution >= 0.6 is 0 Å². The second-order valence-corrected chi connectivity index (χ2v) is 5.26. The van der Waals surface area contributed by atoms with Crippen LogP contribution in [0.1, 0.15) is 27.2 Å². The predicted molar refractivity (Wildman–Crippen MR) is 77.1 cm³/mol. The fourth-order valence-corrected chi connectivity index (χ4v) is 1.85. The molecule has 110 valence electrons. The molecule has 0 amide bonds. The third-order valence-corrected chi connectivity index (χ3v) is 3.08. The average Bonchev–Trinajstić information content (AvgIpc) is 2.34. The van der Waals surface area contributed by atoms with E-state index in [1.54, 1.807) is 14.2 Å². The largest absolute Gasteiger partial charge is 0.383 e. The highest BCUT2D eigenvalue weighted by molar-refractivity contribution is 4.68. The van der Waals surface area contributed by atoms with E-state index in [1.165, 1.54) is 6.42 Å². The van der Waals surface area contributed by atoms with Crippen molar-refractivity contribution in [3.8, 4) is 0 Å². The Bertz CT molecular complexity index is 169. The molecule has 0 aliphatic heterocycles. The molecule has 0 saturated carbocycles. The fourth-order valence-electron chi connectivity index (χ4n) is 1.85. The molecular weight excluding hydrogens is 228 g/mol. The fraction of sp³-hybridized carbons (Fsp3) is 1.00. The number of hydrogen-bond acceptors (Lipinski definition) is 4. The Labute approximate surface area is 113 Å². The average molecular weight is 260 g/mol. The second-order valence-electron chi connectivity index (χ2n) is 5.26. The molecular formula is C14H32N2O2. The van der Waals surface area contributed by atoms with E-state index in [4.69, 9.17) is 9.47 Å². The number of hydrogen-bond donors (Lipinski definition) is 1. The zero-order chi connectivity index (χ0) is 13.8. The molecule has 0 aromatic carbocycles. The molecule has 0 fully saturated rings. The van der Waals surface area contributed by atoms with Crippen molar-refractivity contribution in [1.82, 2.24) is 10.2 Å². The van der Waals surface area contributed by atoms with Crippen LogP contribution in [0.3, 0.4) is 0 Å². The van der Waals surface area contributed by atoms with E-state index in [1.807, 2.05) is 0 Å². The molecule has 0 aliphatic rings. The molecule has 4 nitrogen and oxygen atoms in total. The van der Waals surface area contributed by atoms with E-state index in [9.17, 15) is 0 Å². The third kappa shape index (κ3) is 9.83. The minimum absolute atomic E-state index is 0.565. The first-order valence-electron chi connectivity index (χ1n) is 7.04. The van der Waals surface area contributed by atoms with Crippen LogP contribution in [0.25, 0.3) is 0 Å². The highest BCUT2D eigenvalue weighted by atomic mass is 16.5. The van der Waals surface area contributed by atoms with E-state index in [2.05, 4.69) is 31.0 Å². The van der Waals surface area contributed by atoms with Gasteiger partial charge in [0.05, 0.1) is 13.2 Å². The van der Waals surface area contributed by atoms with Crippen molar-refractivity contribution in [2.75, 3.05) is 53.6 Å². The van der Waals surface area contributed by atoms with Gasteiger partial charge in [0.15, 0.2) is 0 Å². The maximum Gasteiger partial charge on any atom is 0.0589 e. The van der Waals surface area contributed by atoms with Gasteiger partial charge in [0.2, 0.25) is 0 Å². The Hall–Kier alpha value is -0.160. The Morgan fingerprint density at radius 2 is 1.56 bits per heavy atom. The minimum atomic E-state index is 0.565. The molecule has 4 heteroatoms. The van der Waals surface area contributed by atoms with Gasteiger partial charge >= 0.3 is 0 Å². The topological polar surface area (TPSA) is 33.7 Å². The number of methoxy groups -OCH3 is 2. The van der Waals surface area contributed by atoms with Gasteiger partial charge in [-0.05, 0) is 32.4 Å². The molecule has 0 aliphatic carbocycles. The van der Waals surface area contributed by atoms with E-state index in [-0.39, 0.29) is 0 Å². The van der Waals surface area contributed by atoms with Gasteiger partial charge in [-0.2, -0.15) is 0 Å². The lowest BCUT2D eigenvalue weighted by molar-refractivity contribution is 0.0894. The van der Waals surface area contributed by atoms with Crippen LogP contribution in [0.4, 0.5) is 0 Å². The summed E-state index contributed by atoms with van der Waals surface area (Å²) in [4.78, 5) is 2.43. The number of nitrogens with zero attached hydrogens (tertiary/aromatic N) is 1. The Morgan fingerprint density at radius 1 is 1.00 bits per heavy atom. The smallest absolute Gasteiger partial charge is 0.0589 e. The number of ether oxygens (including phenoxy) is 2. The monoisotopic (exact) mass is 260 g/mol. The lowest BCUT2D eigenvalue weighted by Crippen LogP contribution is -2.39. The Balaban J connectivity index is 3.83. The van der Waals surface area contributed by atoms with Gasteiger partial charge in [-0.25, -0.2) is 0 Å². The highest BCUT2D eigenvalue weighted by Gasteiger charge is 2.12. The summed E-state index contributed by atoms with van der Waals surface area (Å²) in [5, 5.41) is 3.49. The normalized spacial score (nSPS) is 13.5. The van der Waals surface area contributed by atoms with Crippen molar-refractivity contribution in [2.45, 2.75) is 33.2 Å². The summed E-state index contributed by atoms with van der Waals surface area (Å²) in [6, 6.07) is 0.565. The van der Waals surface area contributed by atoms with Crippen molar-refractivity contribution >= 4 is 0 Å². The first-order chi connectivity index (χ1) is 8.61. The van der Waals surface area contributed by atoms with Gasteiger partial charge < -0.3 is 14.8 Å². The SMILES string of the molecule is COCCN(CCOC)C(C)CCNCC(C)C. The Morgan fingerprint density at radius 3 is 2.00 bits per heavy atom. The van der Waals surface area contributed by atoms with Crippen LogP contribution in [0, 0.1) is 5.92 Å². The molecule has 0 heterocycles. The molecule has 0 bridgehead atoms. The summed E-state index contributed by atoms with van der Waals surface area (Å²) in [7, 11) is 3.51. The lowest BCUT2D eigenvalue weighted by Gasteiger charge is -2.28. The summed E-state index contributed by atoms with van der Waals surface area (Å²) in [5.41, 5.74) is 0. The van der Waals surface area contributed by atoms with Crippen molar-refractivity contribution in [2.24, 2.45) is 5.92 Å². The van der Waals surface area contributed by atoms with Gasteiger partial charge in [0.1, 0.15) is 0 Å². The van der Waals surface area contributed by atoms with Crippen LogP contribution in [-0.4, -0.2) is 64.6 Å². The van der Waals surface area contributed by atoms with Gasteiger partial charge in [0.25, 0.3) is 0 Å². The van der Waals surface area contributed by atoms with E-state index in [0.717, 1.165) is 45.3 Å². The summed E-state index contributed by atoms with van der Waals surface area (Å²) >= 11 is 0. The quantitative estimate of drug-likeness (QED) is 0.541. The van der Waals surface area contributed by atoms with E-state index >= 15 is 0 Å². The van der Waals surface area contributed by atoms with Crippen LogP contribution in [0.5, 0.6) is 0 Å². The first kappa shape index (κ1) is 17.8. The van der Waals surface area contributed by atoms with Gasteiger partial charge in [-0.15, -0.1) is 0 Å². The summed E-state index contributed by atoms with van der Waals surface area (Å²) in [6.07, 6.45) is 1.17. The van der Waals surface area contributed by atoms with Gasteiger partial charge in [-0.1, -0.05) is 13.8 Å². The van der Waals surface area contributed by atoms with Crippen molar-refractivity contribution in [1.29, 1.82) is 0 Å². The van der Waals surface area contributed by atoms with Crippen LogP contribution in [0.2, 0.25) is 0 Å². The number of nitrogens with one attached hydrogen (secondary N) is 1. The molecule has 0 saturated heterocycles. The molecule has 18 heavy (non-hydrogen) atoms. The highest BCUT2D eigenvalue weighted by Crippen LogP contribution is 2.03. The molecule has 0 aromatic rings. The zero-order valence-corrected chi connectivity index (χ0v) is 12.9. The van der Waals surface area contributed by atoms with Crippen LogP contribution in [-0.2, 0) is 9.47 Å². The molecule has 1 atom stereocenters. The second kappa shape index (κ2) is 11.9. The predicted octanol–water partition coefficient (Wildman–Crippen LogP) is 1.61. The summed E-state index contributed by atoms with van der Waals surface area (Å²) in [6.45, 7) is 12.5. The molecule has 0 rings (SSSR count). The molecule has 0 aromatic heterocycles. The molecule has 0 radical (unpaired) electrons. The van der Waals surface area contributed by atoms with Crippen LogP contribution < -0.4 is 5.32 Å². The van der Waals surface area contributed by atoms with Gasteiger partial charge in [-0.3, -0.25) is 4.90 Å². The maximum atomic E-state index is 5.16. The third-order valence-electron chi connectivity index (χ3n) is 3.08.